The monoisotopic (exact) mass is 246 g/mol. The highest BCUT2D eigenvalue weighted by atomic mass is 35.5. The molecule has 3 rings (SSSR count). The van der Waals surface area contributed by atoms with E-state index in [0.29, 0.717) is 22.3 Å². The molecule has 0 atom stereocenters. The Labute approximate surface area is 101 Å². The maximum atomic E-state index is 5.91. The minimum Gasteiger partial charge on any atom is -0.277 e. The molecule has 0 spiro atoms. The van der Waals surface area contributed by atoms with Crippen LogP contribution in [0.25, 0.3) is 17.2 Å². The summed E-state index contributed by atoms with van der Waals surface area (Å²) < 4.78 is 1.73. The van der Waals surface area contributed by atoms with Crippen LogP contribution in [0.3, 0.4) is 0 Å². The molecule has 0 aromatic carbocycles. The largest absolute Gasteiger partial charge is 0.277 e. The Balaban J connectivity index is 2.24. The molecule has 0 saturated carbocycles. The van der Waals surface area contributed by atoms with Crippen LogP contribution in [-0.2, 0) is 0 Å². The molecule has 3 aromatic heterocycles. The number of hydrogen-bond acceptors (Lipinski definition) is 5. The molecule has 0 aliphatic rings. The Kier molecular flexibility index (Phi) is 2.22. The van der Waals surface area contributed by atoms with Crippen LogP contribution in [-0.4, -0.2) is 29.5 Å². The second kappa shape index (κ2) is 3.74. The van der Waals surface area contributed by atoms with E-state index in [1.807, 2.05) is 6.92 Å². The molecule has 0 radical (unpaired) electrons. The number of hydrogen-bond donors (Lipinski definition) is 0. The van der Waals surface area contributed by atoms with Crippen molar-refractivity contribution >= 4 is 17.2 Å². The fourth-order valence-electron chi connectivity index (χ4n) is 1.48. The van der Waals surface area contributed by atoms with Crippen molar-refractivity contribution in [3.05, 3.63) is 35.6 Å². The van der Waals surface area contributed by atoms with Gasteiger partial charge in [-0.1, -0.05) is 11.6 Å². The number of rotatable bonds is 1. The van der Waals surface area contributed by atoms with E-state index in [2.05, 4.69) is 25.1 Å². The molecule has 0 bridgehead atoms. The molecule has 3 aromatic rings. The van der Waals surface area contributed by atoms with Crippen LogP contribution in [0.1, 0.15) is 5.69 Å². The predicted octanol–water partition coefficient (Wildman–Crippen LogP) is 1.54. The number of halogens is 1. The van der Waals surface area contributed by atoms with Gasteiger partial charge in [-0.25, -0.2) is 9.97 Å². The van der Waals surface area contributed by atoms with Crippen molar-refractivity contribution in [3.8, 4) is 11.5 Å². The minimum absolute atomic E-state index is 0.311. The van der Waals surface area contributed by atoms with Gasteiger partial charge in [-0.15, -0.1) is 10.2 Å². The van der Waals surface area contributed by atoms with Gasteiger partial charge >= 0.3 is 0 Å². The summed E-state index contributed by atoms with van der Waals surface area (Å²) in [6, 6.07) is 0. The van der Waals surface area contributed by atoms with E-state index >= 15 is 0 Å². The molecule has 0 N–H and O–H groups in total. The van der Waals surface area contributed by atoms with Gasteiger partial charge in [0.1, 0.15) is 5.69 Å². The summed E-state index contributed by atoms with van der Waals surface area (Å²) in [5.74, 6) is 0.594. The first-order valence-electron chi connectivity index (χ1n) is 4.90. The highest BCUT2D eigenvalue weighted by molar-refractivity contribution is 6.32. The molecule has 0 saturated heterocycles. The van der Waals surface area contributed by atoms with Gasteiger partial charge in [-0.05, 0) is 6.92 Å². The molecule has 0 unspecified atom stereocenters. The maximum absolute atomic E-state index is 5.91. The maximum Gasteiger partial charge on any atom is 0.198 e. The Morgan fingerprint density at radius 1 is 1.12 bits per heavy atom. The summed E-state index contributed by atoms with van der Waals surface area (Å²) in [5, 5.41) is 8.32. The fraction of sp³-hybridized carbons (Fsp3) is 0.100. The third-order valence-corrected chi connectivity index (χ3v) is 2.56. The molecule has 6 nitrogen and oxygen atoms in total. The van der Waals surface area contributed by atoms with E-state index in [4.69, 9.17) is 11.6 Å². The van der Waals surface area contributed by atoms with Crippen molar-refractivity contribution in [3.63, 3.8) is 0 Å². The molecule has 0 aliphatic carbocycles. The molecule has 84 valence electrons. The van der Waals surface area contributed by atoms with Crippen LogP contribution >= 0.6 is 11.6 Å². The zero-order valence-electron chi connectivity index (χ0n) is 8.87. The molecule has 0 fully saturated rings. The van der Waals surface area contributed by atoms with Crippen LogP contribution in [0.2, 0.25) is 5.15 Å². The first kappa shape index (κ1) is 10.1. The average Bonchev–Trinajstić information content (AvgIpc) is 2.75. The van der Waals surface area contributed by atoms with Crippen molar-refractivity contribution in [2.24, 2.45) is 0 Å². The number of nitrogens with zero attached hydrogens (tertiary/aromatic N) is 6. The van der Waals surface area contributed by atoms with Gasteiger partial charge in [0.05, 0.1) is 11.9 Å². The summed E-state index contributed by atoms with van der Waals surface area (Å²) in [6.45, 7) is 1.87. The van der Waals surface area contributed by atoms with Crippen molar-refractivity contribution in [1.29, 1.82) is 0 Å². The van der Waals surface area contributed by atoms with Crippen LogP contribution in [0, 0.1) is 6.92 Å². The highest BCUT2D eigenvalue weighted by Gasteiger charge is 2.11. The lowest BCUT2D eigenvalue weighted by Gasteiger charge is -1.99. The van der Waals surface area contributed by atoms with E-state index < -0.39 is 0 Å². The summed E-state index contributed by atoms with van der Waals surface area (Å²) >= 11 is 5.91. The van der Waals surface area contributed by atoms with Crippen molar-refractivity contribution in [2.75, 3.05) is 0 Å². The summed E-state index contributed by atoms with van der Waals surface area (Å²) in [4.78, 5) is 12.4. The fourth-order valence-corrected chi connectivity index (χ4v) is 1.66. The van der Waals surface area contributed by atoms with E-state index in [9.17, 15) is 0 Å². The molecule has 0 aliphatic heterocycles. The van der Waals surface area contributed by atoms with Gasteiger partial charge in [-0.2, -0.15) is 0 Å². The van der Waals surface area contributed by atoms with Crippen LogP contribution in [0.5, 0.6) is 0 Å². The second-order valence-electron chi connectivity index (χ2n) is 3.48. The van der Waals surface area contributed by atoms with Gasteiger partial charge in [0.2, 0.25) is 0 Å². The topological polar surface area (TPSA) is 68.9 Å². The molecule has 7 heteroatoms. The lowest BCUT2D eigenvalue weighted by atomic mass is 10.4. The Bertz CT molecular complexity index is 675. The van der Waals surface area contributed by atoms with E-state index in [-0.39, 0.29) is 0 Å². The average molecular weight is 247 g/mol. The Hall–Kier alpha value is -2.08. The predicted molar refractivity (Wildman–Crippen MR) is 61.6 cm³/mol. The molecular weight excluding hydrogens is 240 g/mol. The zero-order valence-corrected chi connectivity index (χ0v) is 9.63. The van der Waals surface area contributed by atoms with Gasteiger partial charge in [0.25, 0.3) is 0 Å². The standard InChI is InChI=1S/C10H7ClN6/c1-6-4-14-7(5-13-6)9-15-16-10-8(11)12-2-3-17(9)10/h2-5H,1H3. The summed E-state index contributed by atoms with van der Waals surface area (Å²) in [5.41, 5.74) is 2.00. The Morgan fingerprint density at radius 3 is 2.76 bits per heavy atom. The van der Waals surface area contributed by atoms with Crippen LogP contribution in [0.15, 0.2) is 24.8 Å². The SMILES string of the molecule is Cc1cnc(-c2nnc3c(Cl)nccn23)cn1. The van der Waals surface area contributed by atoms with Gasteiger partial charge in [0, 0.05) is 18.6 Å². The molecule has 3 heterocycles. The van der Waals surface area contributed by atoms with Gasteiger partial charge < -0.3 is 0 Å². The van der Waals surface area contributed by atoms with E-state index in [0.717, 1.165) is 5.69 Å². The number of aryl methyl sites for hydroxylation is 1. The smallest absolute Gasteiger partial charge is 0.198 e. The molecular formula is C10H7ClN6. The lowest BCUT2D eigenvalue weighted by Crippen LogP contribution is -1.94. The first-order chi connectivity index (χ1) is 8.25. The zero-order chi connectivity index (χ0) is 11.8. The Morgan fingerprint density at radius 2 is 2.00 bits per heavy atom. The number of aromatic nitrogens is 6. The second-order valence-corrected chi connectivity index (χ2v) is 3.84. The third-order valence-electron chi connectivity index (χ3n) is 2.29. The highest BCUT2D eigenvalue weighted by Crippen LogP contribution is 2.18. The normalized spacial score (nSPS) is 10.9. The van der Waals surface area contributed by atoms with Crippen molar-refractivity contribution < 1.29 is 0 Å². The third kappa shape index (κ3) is 1.62. The van der Waals surface area contributed by atoms with Crippen molar-refractivity contribution in [1.82, 2.24) is 29.5 Å². The lowest BCUT2D eigenvalue weighted by molar-refractivity contribution is 1.05. The summed E-state index contributed by atoms with van der Waals surface area (Å²) in [7, 11) is 0. The summed E-state index contributed by atoms with van der Waals surface area (Å²) in [6.07, 6.45) is 6.65. The van der Waals surface area contributed by atoms with E-state index in [1.54, 1.807) is 29.2 Å². The molecule has 0 amide bonds. The van der Waals surface area contributed by atoms with E-state index in [1.165, 1.54) is 0 Å². The number of fused-ring (bicyclic) bond motifs is 1. The van der Waals surface area contributed by atoms with Crippen LogP contribution < -0.4 is 0 Å². The molecule has 17 heavy (non-hydrogen) atoms. The quantitative estimate of drug-likeness (QED) is 0.652. The van der Waals surface area contributed by atoms with Gasteiger partial charge in [-0.3, -0.25) is 9.38 Å². The minimum atomic E-state index is 0.311. The van der Waals surface area contributed by atoms with Crippen LogP contribution in [0.4, 0.5) is 0 Å². The first-order valence-corrected chi connectivity index (χ1v) is 5.28. The van der Waals surface area contributed by atoms with Gasteiger partial charge in [0.15, 0.2) is 16.6 Å². The van der Waals surface area contributed by atoms with Crippen molar-refractivity contribution in [2.45, 2.75) is 6.92 Å².